The molecule has 15 heavy (non-hydrogen) atoms. The maximum atomic E-state index is 5.85. The predicted octanol–water partition coefficient (Wildman–Crippen LogP) is -3.86. The Morgan fingerprint density at radius 1 is 1.20 bits per heavy atom. The van der Waals surface area contributed by atoms with Crippen molar-refractivity contribution in [1.29, 1.82) is 0 Å². The van der Waals surface area contributed by atoms with Gasteiger partial charge in [-0.05, 0) is 0 Å². The second-order valence-electron chi connectivity index (χ2n) is 2.99. The lowest BCUT2D eigenvalue weighted by Crippen LogP contribution is -2.52. The SMILES string of the molecule is C=CC(N)[SiH](O[SiH2]O[SiH2]O[SiH3])C(N)C=C. The Kier molecular flexibility index (Phi) is 9.47. The summed E-state index contributed by atoms with van der Waals surface area (Å²) in [4.78, 5) is 0. The van der Waals surface area contributed by atoms with Gasteiger partial charge in [0.05, 0.1) is 0 Å². The van der Waals surface area contributed by atoms with Crippen LogP contribution in [-0.4, -0.2) is 50.9 Å². The first-order chi connectivity index (χ1) is 7.17. The molecule has 0 spiro atoms. The molecule has 0 aromatic heterocycles. The van der Waals surface area contributed by atoms with E-state index in [1.54, 1.807) is 12.2 Å². The van der Waals surface area contributed by atoms with Crippen molar-refractivity contribution in [3.63, 3.8) is 0 Å². The molecule has 0 aliphatic carbocycles. The van der Waals surface area contributed by atoms with E-state index in [1.165, 1.54) is 0 Å². The van der Waals surface area contributed by atoms with Crippen LogP contribution in [0.25, 0.3) is 0 Å². The molecule has 4 N–H and O–H groups in total. The highest BCUT2D eigenvalue weighted by atomic mass is 28.4. The molecule has 0 heterocycles. The van der Waals surface area contributed by atoms with E-state index >= 15 is 0 Å². The van der Waals surface area contributed by atoms with Gasteiger partial charge in [-0.1, -0.05) is 12.2 Å². The Morgan fingerprint density at radius 3 is 2.13 bits per heavy atom. The van der Waals surface area contributed by atoms with Crippen LogP contribution >= 0.6 is 0 Å². The lowest BCUT2D eigenvalue weighted by molar-refractivity contribution is 0.426. The lowest BCUT2D eigenvalue weighted by atomic mass is 10.6. The van der Waals surface area contributed by atoms with Gasteiger partial charge in [0.15, 0.2) is 0 Å². The van der Waals surface area contributed by atoms with Crippen LogP contribution in [0.1, 0.15) is 0 Å². The standard InChI is InChI=1S/C6H20N2O3Si4/c1-3-5(7)15(6(8)4-2)11-14-10-13-9-12/h3-6,15H,1-2,7-8,13-14H2,12H3. The molecule has 0 saturated carbocycles. The molecule has 2 atom stereocenters. The van der Waals surface area contributed by atoms with Gasteiger partial charge in [0, 0.05) is 11.3 Å². The quantitative estimate of drug-likeness (QED) is 0.257. The van der Waals surface area contributed by atoms with Crippen molar-refractivity contribution in [2.24, 2.45) is 11.5 Å². The number of nitrogens with two attached hydrogens (primary N) is 2. The zero-order valence-corrected chi connectivity index (χ0v) is 15.1. The summed E-state index contributed by atoms with van der Waals surface area (Å²) in [6, 6.07) is 0. The van der Waals surface area contributed by atoms with Crippen molar-refractivity contribution in [3.05, 3.63) is 25.3 Å². The second-order valence-corrected chi connectivity index (χ2v) is 11.2. The first-order valence-electron chi connectivity index (χ1n) is 4.62. The highest BCUT2D eigenvalue weighted by Gasteiger charge is 2.23. The topological polar surface area (TPSA) is 79.7 Å². The van der Waals surface area contributed by atoms with Crippen LogP contribution < -0.4 is 11.5 Å². The molecule has 0 radical (unpaired) electrons. The fraction of sp³-hybridized carbons (Fsp3) is 0.333. The molecule has 0 bridgehead atoms. The van der Waals surface area contributed by atoms with E-state index in [-0.39, 0.29) is 11.3 Å². The summed E-state index contributed by atoms with van der Waals surface area (Å²) in [7, 11) is -2.78. The molecule has 5 nitrogen and oxygen atoms in total. The maximum Gasteiger partial charge on any atom is 0.284 e. The summed E-state index contributed by atoms with van der Waals surface area (Å²) in [5.41, 5.74) is 11.4. The van der Waals surface area contributed by atoms with Gasteiger partial charge in [-0.3, -0.25) is 0 Å². The molecule has 9 heteroatoms. The van der Waals surface area contributed by atoms with E-state index in [2.05, 4.69) is 13.2 Å². The van der Waals surface area contributed by atoms with E-state index in [1.807, 2.05) is 0 Å². The van der Waals surface area contributed by atoms with Crippen LogP contribution in [0.15, 0.2) is 25.3 Å². The normalized spacial score (nSPS) is 18.5. The Bertz CT molecular complexity index is 183. The molecule has 0 amide bonds. The minimum Gasteiger partial charge on any atom is -0.449 e. The summed E-state index contributed by atoms with van der Waals surface area (Å²) in [6.07, 6.45) is 3.35. The van der Waals surface area contributed by atoms with Gasteiger partial charge in [-0.2, -0.15) is 0 Å². The number of hydrogen-bond acceptors (Lipinski definition) is 5. The monoisotopic (exact) mass is 280 g/mol. The second kappa shape index (κ2) is 9.38. The fourth-order valence-corrected chi connectivity index (χ4v) is 8.14. The molecule has 88 valence electrons. The summed E-state index contributed by atoms with van der Waals surface area (Å²) in [6.45, 7) is 7.29. The third-order valence-corrected chi connectivity index (χ3v) is 8.27. The number of hydrogen-bond donors (Lipinski definition) is 2. The van der Waals surface area contributed by atoms with Crippen LogP contribution in [0.4, 0.5) is 0 Å². The molecule has 0 rings (SSSR count). The van der Waals surface area contributed by atoms with Gasteiger partial charge in [0.25, 0.3) is 20.0 Å². The van der Waals surface area contributed by atoms with Crippen molar-refractivity contribution in [3.8, 4) is 0 Å². The highest BCUT2D eigenvalue weighted by Crippen LogP contribution is 1.98. The minimum atomic E-state index is -1.73. The fourth-order valence-electron chi connectivity index (χ4n) is 0.991. The van der Waals surface area contributed by atoms with Gasteiger partial charge >= 0.3 is 0 Å². The van der Waals surface area contributed by atoms with E-state index in [9.17, 15) is 0 Å². The molecular formula is C6H20N2O3Si4. The average Bonchev–Trinajstić information content (AvgIpc) is 2.27. The third kappa shape index (κ3) is 6.34. The van der Waals surface area contributed by atoms with Gasteiger partial charge in [-0.25, -0.2) is 0 Å². The first-order valence-corrected chi connectivity index (χ1v) is 9.55. The maximum absolute atomic E-state index is 5.85. The summed E-state index contributed by atoms with van der Waals surface area (Å²) >= 11 is 0. The van der Waals surface area contributed by atoms with Crippen molar-refractivity contribution < 1.29 is 12.3 Å². The average molecular weight is 281 g/mol. The van der Waals surface area contributed by atoms with Crippen molar-refractivity contribution in [1.82, 2.24) is 0 Å². The Hall–Kier alpha value is 0.148. The van der Waals surface area contributed by atoms with Gasteiger partial charge < -0.3 is 23.8 Å². The smallest absolute Gasteiger partial charge is 0.284 e. The largest absolute Gasteiger partial charge is 0.449 e. The first kappa shape index (κ1) is 15.1. The highest BCUT2D eigenvalue weighted by molar-refractivity contribution is 6.62. The zero-order chi connectivity index (χ0) is 11.7. The summed E-state index contributed by atoms with van der Waals surface area (Å²) in [5.74, 6) is 0. The molecule has 0 fully saturated rings. The minimum absolute atomic E-state index is 0.160. The Labute approximate surface area is 100 Å². The lowest BCUT2D eigenvalue weighted by Gasteiger charge is -2.24. The molecule has 0 aliphatic rings. The molecule has 0 aromatic carbocycles. The van der Waals surface area contributed by atoms with Crippen molar-refractivity contribution in [2.45, 2.75) is 11.3 Å². The van der Waals surface area contributed by atoms with Crippen LogP contribution in [0.2, 0.25) is 0 Å². The van der Waals surface area contributed by atoms with Gasteiger partial charge in [0.2, 0.25) is 9.04 Å². The summed E-state index contributed by atoms with van der Waals surface area (Å²) in [5, 5.41) is 0. The van der Waals surface area contributed by atoms with E-state index in [4.69, 9.17) is 23.8 Å². The Balaban J connectivity index is 4.01. The van der Waals surface area contributed by atoms with E-state index in [0.717, 1.165) is 10.5 Å². The van der Waals surface area contributed by atoms with Crippen LogP contribution in [0, 0.1) is 0 Å². The van der Waals surface area contributed by atoms with Crippen molar-refractivity contribution >= 4 is 39.5 Å². The van der Waals surface area contributed by atoms with Gasteiger partial charge in [-0.15, -0.1) is 13.2 Å². The van der Waals surface area contributed by atoms with Crippen molar-refractivity contribution in [2.75, 3.05) is 0 Å². The molecule has 0 saturated heterocycles. The van der Waals surface area contributed by atoms with Crippen LogP contribution in [-0.2, 0) is 12.3 Å². The third-order valence-electron chi connectivity index (χ3n) is 1.85. The van der Waals surface area contributed by atoms with Crippen LogP contribution in [0.5, 0.6) is 0 Å². The van der Waals surface area contributed by atoms with E-state index in [0.29, 0.717) is 0 Å². The molecular weight excluding hydrogens is 260 g/mol. The molecule has 0 aliphatic heterocycles. The molecule has 2 unspecified atom stereocenters. The van der Waals surface area contributed by atoms with Gasteiger partial charge in [0.1, 0.15) is 10.5 Å². The Morgan fingerprint density at radius 2 is 1.73 bits per heavy atom. The van der Waals surface area contributed by atoms with Crippen LogP contribution in [0.3, 0.4) is 0 Å². The summed E-state index contributed by atoms with van der Waals surface area (Å²) < 4.78 is 16.0. The zero-order valence-electron chi connectivity index (χ0n) is 9.09. The number of rotatable bonds is 9. The predicted molar refractivity (Wildman–Crippen MR) is 73.8 cm³/mol. The molecule has 0 aromatic rings. The van der Waals surface area contributed by atoms with E-state index < -0.39 is 29.1 Å².